The SMILES string of the molecule is COC(=O)[C@H]1CNC[C@@H](c2ccccc2F)C1. The molecule has 0 amide bonds. The zero-order valence-electron chi connectivity index (χ0n) is 9.78. The molecule has 1 aromatic rings. The highest BCUT2D eigenvalue weighted by Crippen LogP contribution is 2.28. The number of carbonyl (C=O) groups is 1. The van der Waals surface area contributed by atoms with Gasteiger partial charge in [0.05, 0.1) is 13.0 Å². The van der Waals surface area contributed by atoms with Crippen molar-refractivity contribution in [3.63, 3.8) is 0 Å². The number of rotatable bonds is 2. The van der Waals surface area contributed by atoms with Gasteiger partial charge in [0.25, 0.3) is 0 Å². The minimum Gasteiger partial charge on any atom is -0.469 e. The van der Waals surface area contributed by atoms with Gasteiger partial charge >= 0.3 is 5.97 Å². The second kappa shape index (κ2) is 5.27. The molecular weight excluding hydrogens is 221 g/mol. The Bertz CT molecular complexity index is 408. The number of ether oxygens (including phenoxy) is 1. The highest BCUT2D eigenvalue weighted by atomic mass is 19.1. The van der Waals surface area contributed by atoms with Crippen LogP contribution >= 0.6 is 0 Å². The summed E-state index contributed by atoms with van der Waals surface area (Å²) in [5.41, 5.74) is 0.675. The number of halogens is 1. The molecule has 1 saturated heterocycles. The van der Waals surface area contributed by atoms with Crippen molar-refractivity contribution in [1.82, 2.24) is 5.32 Å². The maximum Gasteiger partial charge on any atom is 0.309 e. The Labute approximate surface area is 100.0 Å². The average molecular weight is 237 g/mol. The van der Waals surface area contributed by atoms with Crippen LogP contribution in [0.25, 0.3) is 0 Å². The smallest absolute Gasteiger partial charge is 0.309 e. The van der Waals surface area contributed by atoms with Gasteiger partial charge in [0.2, 0.25) is 0 Å². The van der Waals surface area contributed by atoms with Crippen molar-refractivity contribution in [3.05, 3.63) is 35.6 Å². The highest BCUT2D eigenvalue weighted by Gasteiger charge is 2.29. The molecule has 0 spiro atoms. The molecule has 1 fully saturated rings. The van der Waals surface area contributed by atoms with E-state index in [1.165, 1.54) is 13.2 Å². The Morgan fingerprint density at radius 2 is 2.18 bits per heavy atom. The van der Waals surface area contributed by atoms with Crippen LogP contribution in [0.4, 0.5) is 4.39 Å². The molecule has 3 nitrogen and oxygen atoms in total. The van der Waals surface area contributed by atoms with Crippen molar-refractivity contribution in [2.75, 3.05) is 20.2 Å². The summed E-state index contributed by atoms with van der Waals surface area (Å²) in [7, 11) is 1.38. The van der Waals surface area contributed by atoms with E-state index in [1.54, 1.807) is 12.1 Å². The molecule has 4 heteroatoms. The van der Waals surface area contributed by atoms with Crippen molar-refractivity contribution in [2.24, 2.45) is 5.92 Å². The molecule has 92 valence electrons. The van der Waals surface area contributed by atoms with Crippen LogP contribution in [0.3, 0.4) is 0 Å². The van der Waals surface area contributed by atoms with Crippen LogP contribution in [0.15, 0.2) is 24.3 Å². The van der Waals surface area contributed by atoms with Gasteiger partial charge in [0, 0.05) is 19.0 Å². The van der Waals surface area contributed by atoms with Gasteiger partial charge in [0.1, 0.15) is 5.82 Å². The molecule has 0 unspecified atom stereocenters. The first-order valence-corrected chi connectivity index (χ1v) is 5.75. The summed E-state index contributed by atoms with van der Waals surface area (Å²) in [4.78, 5) is 11.5. The predicted octanol–water partition coefficient (Wildman–Crippen LogP) is 1.69. The molecule has 0 saturated carbocycles. The van der Waals surface area contributed by atoms with Crippen molar-refractivity contribution in [3.8, 4) is 0 Å². The predicted molar refractivity (Wildman–Crippen MR) is 62.1 cm³/mol. The summed E-state index contributed by atoms with van der Waals surface area (Å²) < 4.78 is 18.4. The number of hydrogen-bond acceptors (Lipinski definition) is 3. The number of piperidine rings is 1. The lowest BCUT2D eigenvalue weighted by Gasteiger charge is -2.28. The molecule has 17 heavy (non-hydrogen) atoms. The fraction of sp³-hybridized carbons (Fsp3) is 0.462. The van der Waals surface area contributed by atoms with E-state index in [4.69, 9.17) is 4.74 Å². The number of hydrogen-bond donors (Lipinski definition) is 1. The Hall–Kier alpha value is -1.42. The van der Waals surface area contributed by atoms with Crippen LogP contribution in [0.1, 0.15) is 17.9 Å². The van der Waals surface area contributed by atoms with Crippen LogP contribution in [0.2, 0.25) is 0 Å². The first-order valence-electron chi connectivity index (χ1n) is 5.75. The fourth-order valence-electron chi connectivity index (χ4n) is 2.33. The number of esters is 1. The molecule has 0 aliphatic carbocycles. The maximum atomic E-state index is 13.6. The molecule has 1 heterocycles. The van der Waals surface area contributed by atoms with Crippen molar-refractivity contribution in [2.45, 2.75) is 12.3 Å². The standard InChI is InChI=1S/C13H16FNO2/c1-17-13(16)10-6-9(7-15-8-10)11-4-2-3-5-12(11)14/h2-5,9-10,15H,6-8H2,1H3/t9-,10+/m0/s1. The van der Waals surface area contributed by atoms with E-state index in [0.29, 0.717) is 25.1 Å². The van der Waals surface area contributed by atoms with Gasteiger partial charge in [0.15, 0.2) is 0 Å². The Balaban J connectivity index is 2.12. The Morgan fingerprint density at radius 3 is 2.88 bits per heavy atom. The number of carbonyl (C=O) groups excluding carboxylic acids is 1. The van der Waals surface area contributed by atoms with E-state index in [0.717, 1.165) is 0 Å². The Morgan fingerprint density at radius 1 is 1.41 bits per heavy atom. The van der Waals surface area contributed by atoms with Gasteiger partial charge in [-0.15, -0.1) is 0 Å². The maximum absolute atomic E-state index is 13.6. The minimum absolute atomic E-state index is 0.0362. The molecule has 2 atom stereocenters. The third kappa shape index (κ3) is 2.64. The zero-order valence-corrected chi connectivity index (χ0v) is 9.78. The van der Waals surface area contributed by atoms with Gasteiger partial charge < -0.3 is 10.1 Å². The third-order valence-corrected chi connectivity index (χ3v) is 3.23. The van der Waals surface area contributed by atoms with Gasteiger partial charge in [-0.2, -0.15) is 0 Å². The zero-order chi connectivity index (χ0) is 12.3. The van der Waals surface area contributed by atoms with E-state index in [1.807, 2.05) is 6.07 Å². The van der Waals surface area contributed by atoms with Crippen molar-refractivity contribution < 1.29 is 13.9 Å². The van der Waals surface area contributed by atoms with Crippen LogP contribution < -0.4 is 5.32 Å². The summed E-state index contributed by atoms with van der Waals surface area (Å²) >= 11 is 0. The summed E-state index contributed by atoms with van der Waals surface area (Å²) in [6.07, 6.45) is 0.639. The van der Waals surface area contributed by atoms with Gasteiger partial charge in [-0.1, -0.05) is 18.2 Å². The number of methoxy groups -OCH3 is 1. The van der Waals surface area contributed by atoms with Crippen LogP contribution in [0, 0.1) is 11.7 Å². The second-order valence-corrected chi connectivity index (χ2v) is 4.33. The molecule has 0 aromatic heterocycles. The average Bonchev–Trinajstić information content (AvgIpc) is 2.38. The minimum atomic E-state index is -0.224. The van der Waals surface area contributed by atoms with Gasteiger partial charge in [-0.3, -0.25) is 4.79 Å². The second-order valence-electron chi connectivity index (χ2n) is 4.33. The molecule has 1 aromatic carbocycles. The molecule has 1 N–H and O–H groups in total. The molecule has 0 bridgehead atoms. The molecule has 1 aliphatic heterocycles. The van der Waals surface area contributed by atoms with Crippen molar-refractivity contribution in [1.29, 1.82) is 0 Å². The normalized spacial score (nSPS) is 24.4. The van der Waals surface area contributed by atoms with E-state index in [2.05, 4.69) is 5.32 Å². The number of benzene rings is 1. The van der Waals surface area contributed by atoms with E-state index >= 15 is 0 Å². The first kappa shape index (κ1) is 12.0. The summed E-state index contributed by atoms with van der Waals surface area (Å²) in [6.45, 7) is 1.31. The summed E-state index contributed by atoms with van der Waals surface area (Å²) in [5.74, 6) is -0.573. The Kier molecular flexibility index (Phi) is 3.74. The monoisotopic (exact) mass is 237 g/mol. The quantitative estimate of drug-likeness (QED) is 0.795. The molecule has 1 aliphatic rings. The van der Waals surface area contributed by atoms with Gasteiger partial charge in [-0.05, 0) is 18.1 Å². The molecule has 0 radical (unpaired) electrons. The summed E-state index contributed by atoms with van der Waals surface area (Å²) in [5, 5.41) is 3.16. The topological polar surface area (TPSA) is 38.3 Å². The highest BCUT2D eigenvalue weighted by molar-refractivity contribution is 5.72. The van der Waals surface area contributed by atoms with Crippen molar-refractivity contribution >= 4 is 5.97 Å². The van der Waals surface area contributed by atoms with E-state index in [-0.39, 0.29) is 23.6 Å². The third-order valence-electron chi connectivity index (χ3n) is 3.23. The summed E-state index contributed by atoms with van der Waals surface area (Å²) in [6, 6.07) is 6.73. The lowest BCUT2D eigenvalue weighted by atomic mass is 9.85. The number of nitrogens with one attached hydrogen (secondary N) is 1. The van der Waals surface area contributed by atoms with Crippen LogP contribution in [-0.2, 0) is 9.53 Å². The molecular formula is C13H16FNO2. The lowest BCUT2D eigenvalue weighted by molar-refractivity contribution is -0.146. The first-order chi connectivity index (χ1) is 8.22. The largest absolute Gasteiger partial charge is 0.469 e. The van der Waals surface area contributed by atoms with Crippen LogP contribution in [-0.4, -0.2) is 26.2 Å². The fourth-order valence-corrected chi connectivity index (χ4v) is 2.33. The lowest BCUT2D eigenvalue weighted by Crippen LogP contribution is -2.39. The molecule has 2 rings (SSSR count). The van der Waals surface area contributed by atoms with Gasteiger partial charge in [-0.25, -0.2) is 4.39 Å². The van der Waals surface area contributed by atoms with E-state index < -0.39 is 0 Å². The van der Waals surface area contributed by atoms with E-state index in [9.17, 15) is 9.18 Å². The van der Waals surface area contributed by atoms with Crippen LogP contribution in [0.5, 0.6) is 0 Å².